The Morgan fingerprint density at radius 3 is 2.24 bits per heavy atom. The second kappa shape index (κ2) is 9.11. The van der Waals surface area contributed by atoms with Crippen LogP contribution in [-0.4, -0.2) is 43.8 Å². The van der Waals surface area contributed by atoms with E-state index in [1.54, 1.807) is 42.5 Å². The Morgan fingerprint density at radius 2 is 1.66 bits per heavy atom. The minimum atomic E-state index is -3.58. The summed E-state index contributed by atoms with van der Waals surface area (Å²) in [5.41, 5.74) is 1.22. The maximum atomic E-state index is 13.0. The van der Waals surface area contributed by atoms with Crippen molar-refractivity contribution < 1.29 is 18.0 Å². The van der Waals surface area contributed by atoms with Crippen molar-refractivity contribution >= 4 is 39.2 Å². The SMILES string of the molecule is CSc1ccccc1S(=O)(=O)N1CCC(C(=O)Nc2ccc(C(C)=O)cc2)CC1. The number of carbonyl (C=O) groups is 2. The molecule has 8 heteroatoms. The fraction of sp³-hybridized carbons (Fsp3) is 0.333. The van der Waals surface area contributed by atoms with E-state index in [0.29, 0.717) is 42.1 Å². The number of nitrogens with zero attached hydrogens (tertiary/aromatic N) is 1. The van der Waals surface area contributed by atoms with Crippen LogP contribution in [0.1, 0.15) is 30.1 Å². The van der Waals surface area contributed by atoms with Crippen LogP contribution in [0.2, 0.25) is 0 Å². The lowest BCUT2D eigenvalue weighted by molar-refractivity contribution is -0.120. The fourth-order valence-electron chi connectivity index (χ4n) is 3.36. The van der Waals surface area contributed by atoms with Crippen LogP contribution in [0.4, 0.5) is 5.69 Å². The van der Waals surface area contributed by atoms with Crippen molar-refractivity contribution in [1.29, 1.82) is 0 Å². The van der Waals surface area contributed by atoms with Gasteiger partial charge in [-0.2, -0.15) is 4.31 Å². The van der Waals surface area contributed by atoms with E-state index in [0.717, 1.165) is 4.90 Å². The van der Waals surface area contributed by atoms with E-state index < -0.39 is 10.0 Å². The van der Waals surface area contributed by atoms with Crippen molar-refractivity contribution in [2.24, 2.45) is 5.92 Å². The normalized spacial score (nSPS) is 15.8. The number of benzene rings is 2. The Balaban J connectivity index is 1.62. The number of piperidine rings is 1. The number of hydrogen-bond acceptors (Lipinski definition) is 5. The largest absolute Gasteiger partial charge is 0.326 e. The highest BCUT2D eigenvalue weighted by molar-refractivity contribution is 7.99. The van der Waals surface area contributed by atoms with Crippen LogP contribution in [0.25, 0.3) is 0 Å². The van der Waals surface area contributed by atoms with Crippen LogP contribution in [0.3, 0.4) is 0 Å². The van der Waals surface area contributed by atoms with Crippen LogP contribution < -0.4 is 5.32 Å². The Morgan fingerprint density at radius 1 is 1.03 bits per heavy atom. The zero-order valence-corrected chi connectivity index (χ0v) is 18.1. The molecule has 1 saturated heterocycles. The molecule has 1 aliphatic rings. The van der Waals surface area contributed by atoms with Gasteiger partial charge in [-0.25, -0.2) is 8.42 Å². The number of carbonyl (C=O) groups excluding carboxylic acids is 2. The van der Waals surface area contributed by atoms with Crippen LogP contribution in [0.5, 0.6) is 0 Å². The van der Waals surface area contributed by atoms with Gasteiger partial charge in [0.25, 0.3) is 0 Å². The third-order valence-corrected chi connectivity index (χ3v) is 7.95. The molecule has 1 aliphatic heterocycles. The first-order chi connectivity index (χ1) is 13.8. The highest BCUT2D eigenvalue weighted by atomic mass is 32.2. The number of anilines is 1. The first kappa shape index (κ1) is 21.5. The number of thioether (sulfide) groups is 1. The Kier molecular flexibility index (Phi) is 6.77. The fourth-order valence-corrected chi connectivity index (χ4v) is 5.95. The zero-order valence-electron chi connectivity index (χ0n) is 16.4. The van der Waals surface area contributed by atoms with Crippen LogP contribution >= 0.6 is 11.8 Å². The van der Waals surface area contributed by atoms with Gasteiger partial charge in [-0.3, -0.25) is 9.59 Å². The molecule has 1 fully saturated rings. The van der Waals surface area contributed by atoms with E-state index in [-0.39, 0.29) is 17.6 Å². The average Bonchev–Trinajstić information content (AvgIpc) is 2.74. The average molecular weight is 433 g/mol. The summed E-state index contributed by atoms with van der Waals surface area (Å²) < 4.78 is 27.5. The lowest BCUT2D eigenvalue weighted by atomic mass is 9.97. The summed E-state index contributed by atoms with van der Waals surface area (Å²) in [5.74, 6) is -0.397. The van der Waals surface area contributed by atoms with Gasteiger partial charge in [-0.15, -0.1) is 11.8 Å². The topological polar surface area (TPSA) is 83.6 Å². The molecular formula is C21H24N2O4S2. The molecular weight excluding hydrogens is 408 g/mol. The van der Waals surface area contributed by atoms with Crippen LogP contribution in [0, 0.1) is 5.92 Å². The maximum Gasteiger partial charge on any atom is 0.244 e. The summed E-state index contributed by atoms with van der Waals surface area (Å²) in [6.45, 7) is 2.12. The van der Waals surface area contributed by atoms with E-state index >= 15 is 0 Å². The first-order valence-corrected chi connectivity index (χ1v) is 12.0. The monoisotopic (exact) mass is 432 g/mol. The molecule has 0 aliphatic carbocycles. The van der Waals surface area contributed by atoms with Gasteiger partial charge >= 0.3 is 0 Å². The second-order valence-corrected chi connectivity index (χ2v) is 9.71. The first-order valence-electron chi connectivity index (χ1n) is 9.38. The number of Topliss-reactive ketones (excluding diaryl/α,β-unsaturated/α-hetero) is 1. The molecule has 0 saturated carbocycles. The summed E-state index contributed by atoms with van der Waals surface area (Å²) in [5, 5.41) is 2.86. The smallest absolute Gasteiger partial charge is 0.244 e. The lowest BCUT2D eigenvalue weighted by Gasteiger charge is -2.31. The number of sulfonamides is 1. The summed E-state index contributed by atoms with van der Waals surface area (Å²) >= 11 is 1.40. The van der Waals surface area contributed by atoms with Gasteiger partial charge in [0.1, 0.15) is 0 Å². The minimum absolute atomic E-state index is 0.0282. The molecule has 0 radical (unpaired) electrons. The Labute approximate surface area is 175 Å². The molecule has 0 unspecified atom stereocenters. The van der Waals surface area contributed by atoms with E-state index in [1.807, 2.05) is 12.3 Å². The van der Waals surface area contributed by atoms with Crippen LogP contribution in [0.15, 0.2) is 58.3 Å². The maximum absolute atomic E-state index is 13.0. The lowest BCUT2D eigenvalue weighted by Crippen LogP contribution is -2.41. The van der Waals surface area contributed by atoms with Crippen molar-refractivity contribution in [3.63, 3.8) is 0 Å². The summed E-state index contributed by atoms with van der Waals surface area (Å²) in [6.07, 6.45) is 2.80. The molecule has 3 rings (SSSR count). The van der Waals surface area contributed by atoms with E-state index in [4.69, 9.17) is 0 Å². The van der Waals surface area contributed by atoms with Crippen molar-refractivity contribution in [2.45, 2.75) is 29.6 Å². The summed E-state index contributed by atoms with van der Waals surface area (Å²) in [7, 11) is -3.58. The molecule has 2 aromatic carbocycles. The van der Waals surface area contributed by atoms with Crippen molar-refractivity contribution in [3.8, 4) is 0 Å². The molecule has 0 spiro atoms. The highest BCUT2D eigenvalue weighted by Crippen LogP contribution is 2.30. The molecule has 1 N–H and O–H groups in total. The van der Waals surface area contributed by atoms with Gasteiger partial charge in [0.2, 0.25) is 15.9 Å². The van der Waals surface area contributed by atoms with Gasteiger partial charge in [0.05, 0.1) is 4.90 Å². The number of nitrogens with one attached hydrogen (secondary N) is 1. The Hall–Kier alpha value is -2.16. The van der Waals surface area contributed by atoms with E-state index in [2.05, 4.69) is 5.32 Å². The molecule has 2 aromatic rings. The van der Waals surface area contributed by atoms with Crippen molar-refractivity contribution in [3.05, 3.63) is 54.1 Å². The minimum Gasteiger partial charge on any atom is -0.326 e. The highest BCUT2D eigenvalue weighted by Gasteiger charge is 2.33. The standard InChI is InChI=1S/C21H24N2O4S2/c1-15(24)16-7-9-18(10-8-16)22-21(25)17-11-13-23(14-12-17)29(26,27)20-6-4-3-5-19(20)28-2/h3-10,17H,11-14H2,1-2H3,(H,22,25). The van der Waals surface area contributed by atoms with Gasteiger partial charge < -0.3 is 5.32 Å². The molecule has 0 atom stereocenters. The predicted octanol–water partition coefficient (Wildman–Crippen LogP) is 3.65. The summed E-state index contributed by atoms with van der Waals surface area (Å²) in [6, 6.07) is 13.7. The summed E-state index contributed by atoms with van der Waals surface area (Å²) in [4.78, 5) is 24.9. The number of ketones is 1. The molecule has 0 aromatic heterocycles. The molecule has 154 valence electrons. The van der Waals surface area contributed by atoms with Gasteiger partial charge in [-0.1, -0.05) is 12.1 Å². The Bertz CT molecular complexity index is 996. The van der Waals surface area contributed by atoms with E-state index in [9.17, 15) is 18.0 Å². The number of hydrogen-bond donors (Lipinski definition) is 1. The number of rotatable bonds is 6. The predicted molar refractivity (Wildman–Crippen MR) is 115 cm³/mol. The van der Waals surface area contributed by atoms with E-state index in [1.165, 1.54) is 23.0 Å². The van der Waals surface area contributed by atoms with Gasteiger partial charge in [0, 0.05) is 35.2 Å². The van der Waals surface area contributed by atoms with Crippen LogP contribution in [-0.2, 0) is 14.8 Å². The molecule has 1 heterocycles. The molecule has 0 bridgehead atoms. The molecule has 1 amide bonds. The third-order valence-electron chi connectivity index (χ3n) is 5.07. The van der Waals surface area contributed by atoms with Crippen molar-refractivity contribution in [2.75, 3.05) is 24.7 Å². The molecule has 6 nitrogen and oxygen atoms in total. The van der Waals surface area contributed by atoms with Gasteiger partial charge in [0.15, 0.2) is 5.78 Å². The van der Waals surface area contributed by atoms with Crippen molar-refractivity contribution in [1.82, 2.24) is 4.31 Å². The van der Waals surface area contributed by atoms with Gasteiger partial charge in [-0.05, 0) is 62.4 Å². The zero-order chi connectivity index (χ0) is 21.0. The second-order valence-electron chi connectivity index (χ2n) is 6.95. The third kappa shape index (κ3) is 4.88. The number of amides is 1. The molecule has 29 heavy (non-hydrogen) atoms. The quantitative estimate of drug-likeness (QED) is 0.556.